The molecule has 38 heavy (non-hydrogen) atoms. The van der Waals surface area contributed by atoms with E-state index in [0.29, 0.717) is 29.8 Å². The molecule has 4 aliphatic rings. The van der Waals surface area contributed by atoms with Crippen LogP contribution < -0.4 is 10.6 Å². The van der Waals surface area contributed by atoms with Gasteiger partial charge in [0.05, 0.1) is 5.92 Å². The number of amides is 2. The van der Waals surface area contributed by atoms with Crippen molar-refractivity contribution in [3.63, 3.8) is 0 Å². The molecule has 3 aromatic carbocycles. The SMILES string of the molecule is Cc1cccc2c1NC(=O)C21N2CCCC2C(C(=O)c2cc3ccccc3o2)C12C(=O)Nc1ccccc12. The topological polar surface area (TPSA) is 91.7 Å². The molecule has 188 valence electrons. The molecular weight excluding hydrogens is 478 g/mol. The number of carbonyl (C=O) groups excluding carboxylic acids is 3. The maximum Gasteiger partial charge on any atom is 0.251 e. The van der Waals surface area contributed by atoms with E-state index in [4.69, 9.17) is 4.42 Å². The van der Waals surface area contributed by atoms with Crippen molar-refractivity contribution in [3.05, 3.63) is 95.2 Å². The second kappa shape index (κ2) is 7.20. The number of Topliss-reactive ketones (excluding diaryl/α,β-unsaturated/α-hetero) is 1. The minimum Gasteiger partial charge on any atom is -0.453 e. The third-order valence-corrected chi connectivity index (χ3v) is 9.29. The number of carbonyl (C=O) groups is 3. The van der Waals surface area contributed by atoms with E-state index in [1.54, 1.807) is 6.07 Å². The molecule has 7 nitrogen and oxygen atoms in total. The van der Waals surface area contributed by atoms with E-state index < -0.39 is 16.9 Å². The van der Waals surface area contributed by atoms with Crippen molar-refractivity contribution < 1.29 is 18.8 Å². The molecule has 7 heteroatoms. The standard InChI is InChI=1S/C31H25N3O4/c1-17-8-6-11-20-26(17)33-29(37)31(20)30(19-10-3-4-12-21(19)32-28(30)36)25(22-13-7-15-34(22)31)27(35)24-16-18-9-2-5-14-23(18)38-24/h2-6,8-12,14,16,22,25H,7,13,15H2,1H3,(H,32,36)(H,33,37). The van der Waals surface area contributed by atoms with Gasteiger partial charge in [-0.15, -0.1) is 0 Å². The summed E-state index contributed by atoms with van der Waals surface area (Å²) in [6.07, 6.45) is 1.55. The Labute approximate surface area is 218 Å². The van der Waals surface area contributed by atoms with Crippen LogP contribution in [0.25, 0.3) is 11.0 Å². The Balaban J connectivity index is 1.47. The lowest BCUT2D eigenvalue weighted by atomic mass is 9.57. The Morgan fingerprint density at radius 1 is 0.947 bits per heavy atom. The van der Waals surface area contributed by atoms with E-state index in [1.165, 1.54) is 0 Å². The predicted octanol–water partition coefficient (Wildman–Crippen LogP) is 4.76. The molecule has 2 saturated heterocycles. The molecule has 2 N–H and O–H groups in total. The molecule has 2 fully saturated rings. The lowest BCUT2D eigenvalue weighted by molar-refractivity contribution is -0.137. The van der Waals surface area contributed by atoms with Crippen molar-refractivity contribution in [2.75, 3.05) is 17.2 Å². The van der Waals surface area contributed by atoms with Gasteiger partial charge in [-0.25, -0.2) is 0 Å². The first kappa shape index (κ1) is 21.8. The molecule has 0 bridgehead atoms. The largest absolute Gasteiger partial charge is 0.453 e. The van der Waals surface area contributed by atoms with Gasteiger partial charge in [0.25, 0.3) is 5.91 Å². The maximum absolute atomic E-state index is 14.7. The van der Waals surface area contributed by atoms with Gasteiger partial charge in [0.2, 0.25) is 11.7 Å². The number of nitrogens with zero attached hydrogens (tertiary/aromatic N) is 1. The summed E-state index contributed by atoms with van der Waals surface area (Å²) >= 11 is 0. The van der Waals surface area contributed by atoms with Crippen LogP contribution in [0.2, 0.25) is 0 Å². The van der Waals surface area contributed by atoms with Crippen molar-refractivity contribution in [2.45, 2.75) is 36.8 Å². The molecule has 8 rings (SSSR count). The van der Waals surface area contributed by atoms with Crippen LogP contribution in [0.3, 0.4) is 0 Å². The molecule has 2 amide bonds. The van der Waals surface area contributed by atoms with Crippen LogP contribution in [0.15, 0.2) is 77.2 Å². The van der Waals surface area contributed by atoms with E-state index in [2.05, 4.69) is 15.5 Å². The zero-order valence-corrected chi connectivity index (χ0v) is 20.8. The average Bonchev–Trinajstić information content (AvgIpc) is 3.71. The van der Waals surface area contributed by atoms with Crippen LogP contribution in [0.5, 0.6) is 0 Å². The number of para-hydroxylation sites is 3. The molecule has 5 heterocycles. The highest BCUT2D eigenvalue weighted by molar-refractivity contribution is 6.21. The summed E-state index contributed by atoms with van der Waals surface area (Å²) in [4.78, 5) is 45.8. The van der Waals surface area contributed by atoms with Gasteiger partial charge < -0.3 is 15.1 Å². The lowest BCUT2D eigenvalue weighted by Crippen LogP contribution is -2.62. The van der Waals surface area contributed by atoms with Crippen LogP contribution in [0.4, 0.5) is 11.4 Å². The summed E-state index contributed by atoms with van der Waals surface area (Å²) in [6.45, 7) is 2.58. The first-order valence-electron chi connectivity index (χ1n) is 13.1. The van der Waals surface area contributed by atoms with Gasteiger partial charge in [-0.3, -0.25) is 19.3 Å². The number of hydrogen-bond donors (Lipinski definition) is 2. The minimum absolute atomic E-state index is 0.222. The Morgan fingerprint density at radius 2 is 1.74 bits per heavy atom. The molecule has 4 atom stereocenters. The number of furan rings is 1. The van der Waals surface area contributed by atoms with Gasteiger partial charge in [0.15, 0.2) is 5.76 Å². The summed E-state index contributed by atoms with van der Waals surface area (Å²) in [6, 6.07) is 22.3. The Kier molecular flexibility index (Phi) is 4.13. The van der Waals surface area contributed by atoms with Crippen LogP contribution in [-0.4, -0.2) is 35.1 Å². The van der Waals surface area contributed by atoms with Crippen molar-refractivity contribution >= 4 is 39.9 Å². The first-order valence-corrected chi connectivity index (χ1v) is 13.1. The zero-order valence-electron chi connectivity index (χ0n) is 20.8. The van der Waals surface area contributed by atoms with Gasteiger partial charge in [-0.05, 0) is 55.6 Å². The number of nitrogens with one attached hydrogen (secondary N) is 2. The molecule has 4 unspecified atom stereocenters. The fourth-order valence-corrected chi connectivity index (χ4v) is 8.01. The van der Waals surface area contributed by atoms with E-state index in [1.807, 2.05) is 73.7 Å². The second-order valence-electron chi connectivity index (χ2n) is 10.9. The van der Waals surface area contributed by atoms with Crippen molar-refractivity contribution in [1.29, 1.82) is 0 Å². The number of fused-ring (bicyclic) bond motifs is 8. The molecule has 0 saturated carbocycles. The molecule has 4 aliphatic heterocycles. The highest BCUT2D eigenvalue weighted by atomic mass is 16.3. The summed E-state index contributed by atoms with van der Waals surface area (Å²) in [5, 5.41) is 7.04. The zero-order chi connectivity index (χ0) is 25.8. The van der Waals surface area contributed by atoms with Crippen molar-refractivity contribution in [2.24, 2.45) is 5.92 Å². The van der Waals surface area contributed by atoms with Crippen LogP contribution >= 0.6 is 0 Å². The fraction of sp³-hybridized carbons (Fsp3) is 0.258. The number of aryl methyl sites for hydroxylation is 1. The number of hydrogen-bond acceptors (Lipinski definition) is 5. The van der Waals surface area contributed by atoms with Gasteiger partial charge in [-0.2, -0.15) is 0 Å². The second-order valence-corrected chi connectivity index (χ2v) is 10.9. The van der Waals surface area contributed by atoms with Gasteiger partial charge in [-0.1, -0.05) is 54.6 Å². The average molecular weight is 504 g/mol. The number of ketones is 1. The van der Waals surface area contributed by atoms with Gasteiger partial charge in [0, 0.05) is 28.4 Å². The Morgan fingerprint density at radius 3 is 2.61 bits per heavy atom. The summed E-state index contributed by atoms with van der Waals surface area (Å²) in [5.74, 6) is -1.39. The Bertz CT molecular complexity index is 1690. The third-order valence-electron chi connectivity index (χ3n) is 9.29. The molecule has 0 radical (unpaired) electrons. The quantitative estimate of drug-likeness (QED) is 0.385. The molecule has 2 spiro atoms. The van der Waals surface area contributed by atoms with Crippen LogP contribution in [-0.2, 0) is 20.5 Å². The van der Waals surface area contributed by atoms with E-state index >= 15 is 0 Å². The predicted molar refractivity (Wildman–Crippen MR) is 142 cm³/mol. The number of rotatable bonds is 2. The van der Waals surface area contributed by atoms with Gasteiger partial charge in [0.1, 0.15) is 16.5 Å². The van der Waals surface area contributed by atoms with Gasteiger partial charge >= 0.3 is 0 Å². The van der Waals surface area contributed by atoms with Crippen molar-refractivity contribution in [3.8, 4) is 0 Å². The normalized spacial score (nSPS) is 29.1. The summed E-state index contributed by atoms with van der Waals surface area (Å²) in [7, 11) is 0. The molecular formula is C31H25N3O4. The first-order chi connectivity index (χ1) is 18.5. The van der Waals surface area contributed by atoms with E-state index in [0.717, 1.165) is 28.6 Å². The molecule has 0 aliphatic carbocycles. The summed E-state index contributed by atoms with van der Waals surface area (Å²) < 4.78 is 6.08. The summed E-state index contributed by atoms with van der Waals surface area (Å²) in [5.41, 5.74) is 1.56. The maximum atomic E-state index is 14.7. The number of anilines is 2. The third kappa shape index (κ3) is 2.28. The lowest BCUT2D eigenvalue weighted by Gasteiger charge is -2.43. The highest BCUT2D eigenvalue weighted by Crippen LogP contribution is 2.68. The Hall–Kier alpha value is -4.23. The monoisotopic (exact) mass is 503 g/mol. The minimum atomic E-state index is -1.46. The molecule has 1 aromatic heterocycles. The van der Waals surface area contributed by atoms with E-state index in [9.17, 15) is 14.4 Å². The molecule has 4 aromatic rings. The van der Waals surface area contributed by atoms with Crippen LogP contribution in [0.1, 0.15) is 40.1 Å². The number of benzene rings is 3. The van der Waals surface area contributed by atoms with Crippen molar-refractivity contribution in [1.82, 2.24) is 4.90 Å². The van der Waals surface area contributed by atoms with Crippen LogP contribution in [0, 0.1) is 12.8 Å². The highest BCUT2D eigenvalue weighted by Gasteiger charge is 2.81. The van der Waals surface area contributed by atoms with E-state index in [-0.39, 0.29) is 29.4 Å². The smallest absolute Gasteiger partial charge is 0.251 e. The fourth-order valence-electron chi connectivity index (χ4n) is 8.01.